The first-order valence-electron chi connectivity index (χ1n) is 5.86. The highest BCUT2D eigenvalue weighted by atomic mass is 16.3. The summed E-state index contributed by atoms with van der Waals surface area (Å²) in [6.45, 7) is 4.81. The summed E-state index contributed by atoms with van der Waals surface area (Å²) < 4.78 is 0. The van der Waals surface area contributed by atoms with Crippen molar-refractivity contribution in [3.8, 4) is 0 Å². The summed E-state index contributed by atoms with van der Waals surface area (Å²) in [5.41, 5.74) is 1.26. The van der Waals surface area contributed by atoms with E-state index in [1.165, 1.54) is 5.56 Å². The molecule has 0 saturated heterocycles. The Labute approximate surface area is 98.0 Å². The van der Waals surface area contributed by atoms with Crippen LogP contribution in [0.25, 0.3) is 0 Å². The molecule has 0 aromatic heterocycles. The van der Waals surface area contributed by atoms with Gasteiger partial charge in [-0.3, -0.25) is 0 Å². The van der Waals surface area contributed by atoms with E-state index in [4.69, 9.17) is 0 Å². The molecule has 0 aliphatic rings. The SMILES string of the molecule is C=CCCCNC(CO)Cc1ccccc1. The maximum atomic E-state index is 9.26. The first kappa shape index (κ1) is 12.9. The van der Waals surface area contributed by atoms with Crippen molar-refractivity contribution in [3.63, 3.8) is 0 Å². The minimum atomic E-state index is 0.159. The first-order chi connectivity index (χ1) is 7.86. The van der Waals surface area contributed by atoms with Crippen molar-refractivity contribution in [3.05, 3.63) is 48.6 Å². The third-order valence-electron chi connectivity index (χ3n) is 2.56. The molecular formula is C14H21NO. The van der Waals surface area contributed by atoms with E-state index >= 15 is 0 Å². The molecule has 0 saturated carbocycles. The van der Waals surface area contributed by atoms with Gasteiger partial charge in [0.1, 0.15) is 0 Å². The van der Waals surface area contributed by atoms with Crippen LogP contribution in [0.2, 0.25) is 0 Å². The number of rotatable bonds is 8. The molecule has 0 fully saturated rings. The van der Waals surface area contributed by atoms with Gasteiger partial charge in [0.15, 0.2) is 0 Å². The zero-order chi connectivity index (χ0) is 11.6. The lowest BCUT2D eigenvalue weighted by atomic mass is 10.1. The lowest BCUT2D eigenvalue weighted by Crippen LogP contribution is -2.35. The zero-order valence-electron chi connectivity index (χ0n) is 9.73. The van der Waals surface area contributed by atoms with E-state index in [9.17, 15) is 5.11 Å². The third kappa shape index (κ3) is 5.10. The van der Waals surface area contributed by atoms with Crippen LogP contribution in [0, 0.1) is 0 Å². The number of hydrogen-bond acceptors (Lipinski definition) is 2. The van der Waals surface area contributed by atoms with Crippen molar-refractivity contribution < 1.29 is 5.11 Å². The van der Waals surface area contributed by atoms with Gasteiger partial charge in [-0.1, -0.05) is 36.4 Å². The van der Waals surface area contributed by atoms with Crippen LogP contribution in [0.1, 0.15) is 18.4 Å². The highest BCUT2D eigenvalue weighted by molar-refractivity contribution is 5.15. The van der Waals surface area contributed by atoms with Crippen molar-refractivity contribution in [2.75, 3.05) is 13.2 Å². The largest absolute Gasteiger partial charge is 0.395 e. The van der Waals surface area contributed by atoms with Gasteiger partial charge in [0.25, 0.3) is 0 Å². The van der Waals surface area contributed by atoms with Crippen molar-refractivity contribution in [1.82, 2.24) is 5.32 Å². The monoisotopic (exact) mass is 219 g/mol. The van der Waals surface area contributed by atoms with Gasteiger partial charge in [-0.2, -0.15) is 0 Å². The lowest BCUT2D eigenvalue weighted by Gasteiger charge is -2.16. The van der Waals surface area contributed by atoms with E-state index < -0.39 is 0 Å². The number of nitrogens with one attached hydrogen (secondary N) is 1. The summed E-state index contributed by atoms with van der Waals surface area (Å²) in [6, 6.07) is 10.4. The van der Waals surface area contributed by atoms with Crippen LogP contribution in [0.3, 0.4) is 0 Å². The zero-order valence-corrected chi connectivity index (χ0v) is 9.73. The van der Waals surface area contributed by atoms with E-state index in [0.717, 1.165) is 25.8 Å². The Morgan fingerprint density at radius 1 is 1.31 bits per heavy atom. The van der Waals surface area contributed by atoms with Crippen LogP contribution in [0.4, 0.5) is 0 Å². The minimum absolute atomic E-state index is 0.159. The molecule has 2 N–H and O–H groups in total. The van der Waals surface area contributed by atoms with Gasteiger partial charge in [-0.05, 0) is 31.4 Å². The molecule has 1 unspecified atom stereocenters. The predicted octanol–water partition coefficient (Wildman–Crippen LogP) is 2.15. The number of allylic oxidation sites excluding steroid dienone is 1. The number of aliphatic hydroxyl groups excluding tert-OH is 1. The Bertz CT molecular complexity index is 284. The summed E-state index contributed by atoms with van der Waals surface area (Å²) in [7, 11) is 0. The average molecular weight is 219 g/mol. The van der Waals surface area contributed by atoms with Gasteiger partial charge in [0.2, 0.25) is 0 Å². The molecule has 0 aliphatic carbocycles. The second-order valence-corrected chi connectivity index (χ2v) is 3.95. The van der Waals surface area contributed by atoms with E-state index in [1.807, 2.05) is 24.3 Å². The summed E-state index contributed by atoms with van der Waals surface area (Å²) >= 11 is 0. The quantitative estimate of drug-likeness (QED) is 0.518. The minimum Gasteiger partial charge on any atom is -0.395 e. The fraction of sp³-hybridized carbons (Fsp3) is 0.429. The van der Waals surface area contributed by atoms with Crippen molar-refractivity contribution >= 4 is 0 Å². The molecule has 2 nitrogen and oxygen atoms in total. The summed E-state index contributed by atoms with van der Waals surface area (Å²) in [4.78, 5) is 0. The fourth-order valence-corrected chi connectivity index (χ4v) is 1.65. The van der Waals surface area contributed by atoms with Crippen molar-refractivity contribution in [1.29, 1.82) is 0 Å². The van der Waals surface area contributed by atoms with Gasteiger partial charge in [0.05, 0.1) is 6.61 Å². The first-order valence-corrected chi connectivity index (χ1v) is 5.86. The smallest absolute Gasteiger partial charge is 0.0587 e. The van der Waals surface area contributed by atoms with E-state index in [-0.39, 0.29) is 12.6 Å². The second-order valence-electron chi connectivity index (χ2n) is 3.95. The number of aliphatic hydroxyl groups is 1. The molecule has 1 aromatic rings. The van der Waals surface area contributed by atoms with Crippen LogP contribution >= 0.6 is 0 Å². The van der Waals surface area contributed by atoms with Crippen LogP contribution < -0.4 is 5.32 Å². The number of benzene rings is 1. The fourth-order valence-electron chi connectivity index (χ4n) is 1.65. The van der Waals surface area contributed by atoms with Gasteiger partial charge in [-0.15, -0.1) is 6.58 Å². The molecule has 0 amide bonds. The number of hydrogen-bond donors (Lipinski definition) is 2. The Balaban J connectivity index is 2.29. The molecule has 0 spiro atoms. The van der Waals surface area contributed by atoms with E-state index in [0.29, 0.717) is 0 Å². The topological polar surface area (TPSA) is 32.3 Å². The third-order valence-corrected chi connectivity index (χ3v) is 2.56. The Morgan fingerprint density at radius 3 is 2.69 bits per heavy atom. The van der Waals surface area contributed by atoms with Crippen LogP contribution in [0.15, 0.2) is 43.0 Å². The standard InChI is InChI=1S/C14H21NO/c1-2-3-7-10-15-14(12-16)11-13-8-5-4-6-9-13/h2,4-6,8-9,14-16H,1,3,7,10-12H2. The average Bonchev–Trinajstić information content (AvgIpc) is 2.34. The van der Waals surface area contributed by atoms with Gasteiger partial charge < -0.3 is 10.4 Å². The molecular weight excluding hydrogens is 198 g/mol. The highest BCUT2D eigenvalue weighted by Crippen LogP contribution is 2.03. The Kier molecular flexibility index (Phi) is 6.54. The highest BCUT2D eigenvalue weighted by Gasteiger charge is 2.06. The number of unbranched alkanes of at least 4 members (excludes halogenated alkanes) is 1. The van der Waals surface area contributed by atoms with Gasteiger partial charge in [0, 0.05) is 6.04 Å². The lowest BCUT2D eigenvalue weighted by molar-refractivity contribution is 0.241. The molecule has 16 heavy (non-hydrogen) atoms. The predicted molar refractivity (Wildman–Crippen MR) is 68.5 cm³/mol. The Morgan fingerprint density at radius 2 is 2.06 bits per heavy atom. The van der Waals surface area contributed by atoms with Gasteiger partial charge in [-0.25, -0.2) is 0 Å². The normalized spacial score (nSPS) is 12.3. The maximum Gasteiger partial charge on any atom is 0.0587 e. The molecule has 1 rings (SSSR count). The molecule has 0 bridgehead atoms. The summed E-state index contributed by atoms with van der Waals surface area (Å²) in [6.07, 6.45) is 4.91. The molecule has 0 heterocycles. The van der Waals surface area contributed by atoms with E-state index in [2.05, 4.69) is 24.0 Å². The van der Waals surface area contributed by atoms with Crippen LogP contribution in [-0.4, -0.2) is 24.3 Å². The van der Waals surface area contributed by atoms with Crippen LogP contribution in [0.5, 0.6) is 0 Å². The van der Waals surface area contributed by atoms with Crippen molar-refractivity contribution in [2.45, 2.75) is 25.3 Å². The second kappa shape index (κ2) is 8.08. The summed E-state index contributed by atoms with van der Waals surface area (Å²) in [5, 5.41) is 12.6. The van der Waals surface area contributed by atoms with Crippen molar-refractivity contribution in [2.24, 2.45) is 0 Å². The molecule has 0 radical (unpaired) electrons. The maximum absolute atomic E-state index is 9.26. The van der Waals surface area contributed by atoms with Crippen LogP contribution in [-0.2, 0) is 6.42 Å². The molecule has 88 valence electrons. The molecule has 1 atom stereocenters. The molecule has 0 aliphatic heterocycles. The summed E-state index contributed by atoms with van der Waals surface area (Å²) in [5.74, 6) is 0. The van der Waals surface area contributed by atoms with Gasteiger partial charge >= 0.3 is 0 Å². The Hall–Kier alpha value is -1.12. The molecule has 1 aromatic carbocycles. The van der Waals surface area contributed by atoms with E-state index in [1.54, 1.807) is 0 Å². The molecule has 2 heteroatoms.